The van der Waals surface area contributed by atoms with Crippen LogP contribution in [0.15, 0.2) is 30.3 Å². The van der Waals surface area contributed by atoms with Crippen LogP contribution in [-0.4, -0.2) is 19.6 Å². The smallest absolute Gasteiger partial charge is 0.256 e. The van der Waals surface area contributed by atoms with Gasteiger partial charge in [0.2, 0.25) is 0 Å². The van der Waals surface area contributed by atoms with E-state index < -0.39 is 0 Å². The maximum atomic E-state index is 12.7. The molecule has 2 aromatic rings. The van der Waals surface area contributed by atoms with E-state index in [1.807, 2.05) is 44.2 Å². The Balaban J connectivity index is 0.00000208. The molecule has 24 heavy (non-hydrogen) atoms. The monoisotopic (exact) mass is 346 g/mol. The minimum absolute atomic E-state index is 0. The molecule has 1 aliphatic rings. The van der Waals surface area contributed by atoms with Crippen molar-refractivity contribution in [2.45, 2.75) is 26.7 Å². The van der Waals surface area contributed by atoms with Gasteiger partial charge in [-0.1, -0.05) is 12.1 Å². The second-order valence-electron chi connectivity index (χ2n) is 5.90. The maximum absolute atomic E-state index is 12.7. The molecule has 3 rings (SSSR count). The molecule has 0 saturated carbocycles. The Hall–Kier alpha value is -2.20. The fourth-order valence-electron chi connectivity index (χ4n) is 3.19. The largest absolute Gasteiger partial charge is 0.496 e. The molecule has 0 spiro atoms. The highest BCUT2D eigenvalue weighted by atomic mass is 35.5. The summed E-state index contributed by atoms with van der Waals surface area (Å²) in [6.45, 7) is 4.92. The van der Waals surface area contributed by atoms with E-state index in [0.717, 1.165) is 58.8 Å². The second-order valence-corrected chi connectivity index (χ2v) is 5.90. The number of hydrogen-bond acceptors (Lipinski definition) is 3. The van der Waals surface area contributed by atoms with Crippen LogP contribution < -0.4 is 15.4 Å². The van der Waals surface area contributed by atoms with Crippen molar-refractivity contribution in [2.75, 3.05) is 24.3 Å². The summed E-state index contributed by atoms with van der Waals surface area (Å²) in [5, 5.41) is 6.39. The number of halogens is 1. The first kappa shape index (κ1) is 18.1. The predicted molar refractivity (Wildman–Crippen MR) is 101 cm³/mol. The third kappa shape index (κ3) is 3.34. The fraction of sp³-hybridized carbons (Fsp3) is 0.316. The summed E-state index contributed by atoms with van der Waals surface area (Å²) in [4.78, 5) is 12.7. The SMILES string of the molecule is COc1c(C)ccc(NC(=O)c2cccc3c2CCCN3)c1C.Cl. The number of methoxy groups -OCH3 is 1. The highest BCUT2D eigenvalue weighted by Gasteiger charge is 2.18. The van der Waals surface area contributed by atoms with Gasteiger partial charge < -0.3 is 15.4 Å². The van der Waals surface area contributed by atoms with Crippen LogP contribution >= 0.6 is 12.4 Å². The third-order valence-electron chi connectivity index (χ3n) is 4.39. The van der Waals surface area contributed by atoms with Crippen LogP contribution in [0.5, 0.6) is 5.75 Å². The van der Waals surface area contributed by atoms with Crippen LogP contribution in [0.25, 0.3) is 0 Å². The standard InChI is InChI=1S/C19H22N2O2.ClH/c1-12-9-10-16(13(2)18(12)23-3)21-19(22)15-6-4-8-17-14(15)7-5-11-20-17;/h4,6,8-10,20H,5,7,11H2,1-3H3,(H,21,22);1H. The van der Waals surface area contributed by atoms with E-state index in [0.29, 0.717) is 0 Å². The summed E-state index contributed by atoms with van der Waals surface area (Å²) < 4.78 is 5.43. The zero-order chi connectivity index (χ0) is 16.4. The first-order valence-electron chi connectivity index (χ1n) is 7.93. The molecule has 128 valence electrons. The van der Waals surface area contributed by atoms with Gasteiger partial charge in [-0.3, -0.25) is 4.79 Å². The molecule has 2 aromatic carbocycles. The lowest BCUT2D eigenvalue weighted by Gasteiger charge is -2.21. The van der Waals surface area contributed by atoms with E-state index in [-0.39, 0.29) is 18.3 Å². The summed E-state index contributed by atoms with van der Waals surface area (Å²) in [5.74, 6) is 0.749. The van der Waals surface area contributed by atoms with Crippen molar-refractivity contribution < 1.29 is 9.53 Å². The molecule has 5 heteroatoms. The van der Waals surface area contributed by atoms with Crippen molar-refractivity contribution in [3.63, 3.8) is 0 Å². The number of hydrogen-bond donors (Lipinski definition) is 2. The number of aryl methyl sites for hydroxylation is 1. The van der Waals surface area contributed by atoms with E-state index >= 15 is 0 Å². The summed E-state index contributed by atoms with van der Waals surface area (Å²) in [6.07, 6.45) is 1.98. The van der Waals surface area contributed by atoms with Crippen molar-refractivity contribution in [3.8, 4) is 5.75 Å². The summed E-state index contributed by atoms with van der Waals surface area (Å²) in [7, 11) is 1.65. The van der Waals surface area contributed by atoms with E-state index in [4.69, 9.17) is 4.74 Å². The molecule has 0 unspecified atom stereocenters. The molecule has 0 atom stereocenters. The van der Waals surface area contributed by atoms with Crippen molar-refractivity contribution in [1.82, 2.24) is 0 Å². The molecule has 0 saturated heterocycles. The Morgan fingerprint density at radius 1 is 1.21 bits per heavy atom. The molecule has 2 N–H and O–H groups in total. The number of carbonyl (C=O) groups excluding carboxylic acids is 1. The van der Waals surface area contributed by atoms with Crippen LogP contribution in [0.4, 0.5) is 11.4 Å². The predicted octanol–water partition coefficient (Wildman–Crippen LogP) is 4.34. The van der Waals surface area contributed by atoms with Gasteiger partial charge in [0.25, 0.3) is 5.91 Å². The highest BCUT2D eigenvalue weighted by Crippen LogP contribution is 2.30. The van der Waals surface area contributed by atoms with Crippen molar-refractivity contribution in [1.29, 1.82) is 0 Å². The highest BCUT2D eigenvalue weighted by molar-refractivity contribution is 6.06. The van der Waals surface area contributed by atoms with Gasteiger partial charge in [-0.15, -0.1) is 12.4 Å². The average molecular weight is 347 g/mol. The number of nitrogens with one attached hydrogen (secondary N) is 2. The Bertz CT molecular complexity index is 759. The molecule has 0 fully saturated rings. The van der Waals surface area contributed by atoms with Gasteiger partial charge >= 0.3 is 0 Å². The van der Waals surface area contributed by atoms with Crippen LogP contribution in [0.3, 0.4) is 0 Å². The fourth-order valence-corrected chi connectivity index (χ4v) is 3.19. The summed E-state index contributed by atoms with van der Waals surface area (Å²) >= 11 is 0. The minimum atomic E-state index is -0.0699. The van der Waals surface area contributed by atoms with Gasteiger partial charge in [0.15, 0.2) is 0 Å². The number of amides is 1. The molecule has 4 nitrogen and oxygen atoms in total. The van der Waals surface area contributed by atoms with Gasteiger partial charge in [0.1, 0.15) is 5.75 Å². The summed E-state index contributed by atoms with van der Waals surface area (Å²) in [5.41, 5.74) is 5.72. The molecule has 0 aromatic heterocycles. The number of benzene rings is 2. The molecule has 0 bridgehead atoms. The number of anilines is 2. The normalized spacial score (nSPS) is 12.5. The minimum Gasteiger partial charge on any atom is -0.496 e. The molecular formula is C19H23ClN2O2. The van der Waals surface area contributed by atoms with E-state index in [1.165, 1.54) is 0 Å². The zero-order valence-electron chi connectivity index (χ0n) is 14.2. The molecule has 1 aliphatic heterocycles. The lowest BCUT2D eigenvalue weighted by Crippen LogP contribution is -2.19. The van der Waals surface area contributed by atoms with Crippen LogP contribution in [0, 0.1) is 13.8 Å². The Morgan fingerprint density at radius 2 is 2.00 bits per heavy atom. The van der Waals surface area contributed by atoms with Gasteiger partial charge in [-0.05, 0) is 56.0 Å². The number of ether oxygens (including phenoxy) is 1. The molecular weight excluding hydrogens is 324 g/mol. The van der Waals surface area contributed by atoms with Gasteiger partial charge in [0.05, 0.1) is 7.11 Å². The Morgan fingerprint density at radius 3 is 2.75 bits per heavy atom. The van der Waals surface area contributed by atoms with Crippen molar-refractivity contribution in [2.24, 2.45) is 0 Å². The van der Waals surface area contributed by atoms with E-state index in [9.17, 15) is 4.79 Å². The number of carbonyl (C=O) groups is 1. The first-order valence-corrected chi connectivity index (χ1v) is 7.93. The Labute approximate surface area is 149 Å². The van der Waals surface area contributed by atoms with Crippen LogP contribution in [0.1, 0.15) is 33.5 Å². The average Bonchev–Trinajstić information content (AvgIpc) is 2.57. The lowest BCUT2D eigenvalue weighted by atomic mass is 9.97. The quantitative estimate of drug-likeness (QED) is 0.869. The van der Waals surface area contributed by atoms with E-state index in [1.54, 1.807) is 7.11 Å². The van der Waals surface area contributed by atoms with Crippen LogP contribution in [0.2, 0.25) is 0 Å². The molecule has 0 aliphatic carbocycles. The van der Waals surface area contributed by atoms with Gasteiger partial charge in [0, 0.05) is 29.0 Å². The van der Waals surface area contributed by atoms with Gasteiger partial charge in [-0.2, -0.15) is 0 Å². The molecule has 1 amide bonds. The van der Waals surface area contributed by atoms with Crippen LogP contribution in [-0.2, 0) is 6.42 Å². The zero-order valence-corrected chi connectivity index (χ0v) is 15.0. The lowest BCUT2D eigenvalue weighted by molar-refractivity contribution is 0.102. The maximum Gasteiger partial charge on any atom is 0.256 e. The van der Waals surface area contributed by atoms with Gasteiger partial charge in [-0.25, -0.2) is 0 Å². The number of fused-ring (bicyclic) bond motifs is 1. The second kappa shape index (κ2) is 7.58. The molecule has 1 heterocycles. The van der Waals surface area contributed by atoms with Crippen molar-refractivity contribution >= 4 is 29.7 Å². The summed E-state index contributed by atoms with van der Waals surface area (Å²) in [6, 6.07) is 9.74. The van der Waals surface area contributed by atoms with Crippen molar-refractivity contribution in [3.05, 3.63) is 52.6 Å². The first-order chi connectivity index (χ1) is 11.1. The van der Waals surface area contributed by atoms with E-state index in [2.05, 4.69) is 10.6 Å². The molecule has 0 radical (unpaired) electrons. The number of rotatable bonds is 3. The Kier molecular flexibility index (Phi) is 5.73. The third-order valence-corrected chi connectivity index (χ3v) is 4.39. The topological polar surface area (TPSA) is 50.4 Å².